The van der Waals surface area contributed by atoms with Gasteiger partial charge in [-0.2, -0.15) is 0 Å². The molecule has 0 N–H and O–H groups in total. The maximum Gasteiger partial charge on any atom is 0.0774 e. The molecule has 1 atom stereocenters. The fourth-order valence-electron chi connectivity index (χ4n) is 6.59. The third kappa shape index (κ3) is 3.84. The topological polar surface area (TPSA) is 30.7 Å². The molecule has 2 aromatic heterocycles. The number of nitrogens with zero attached hydrogens (tertiary/aromatic N) is 3. The monoisotopic (exact) mass is 716 g/mol. The van der Waals surface area contributed by atoms with Crippen molar-refractivity contribution >= 4 is 11.0 Å². The number of rotatable bonds is 1. The zero-order chi connectivity index (χ0) is 27.4. The van der Waals surface area contributed by atoms with E-state index in [1.165, 1.54) is 33.5 Å². The van der Waals surface area contributed by atoms with Gasteiger partial charge in [-0.25, -0.2) is 0 Å². The summed E-state index contributed by atoms with van der Waals surface area (Å²) in [6, 6.07) is 50.7. The maximum absolute atomic E-state index is 5.08. The zero-order valence-electron chi connectivity index (χ0n) is 22.9. The number of fused-ring (bicyclic) bond motifs is 10. The summed E-state index contributed by atoms with van der Waals surface area (Å²) in [7, 11) is 0. The van der Waals surface area contributed by atoms with E-state index < -0.39 is 0 Å². The van der Waals surface area contributed by atoms with E-state index in [-0.39, 0.29) is 25.5 Å². The Morgan fingerprint density at radius 3 is 2.26 bits per heavy atom. The van der Waals surface area contributed by atoms with E-state index in [0.717, 1.165) is 33.7 Å². The number of imidazole rings is 1. The standard InChI is InChI=1S/C27H17N2.C11H8N.Ir/c1-27-20-12-3-2-9-17(20)18-10-8-11-19(25(18)27)26-28-22-14-5-7-16-24(22)29(26)23-15-6-4-13-21(23)27;1-2-6-10(7-3-1)11-8-4-5-9-12-11;/h2-10,12-16H,1H3;1-6,8-9H;/q2*-1;. The van der Waals surface area contributed by atoms with Crippen LogP contribution >= 0.6 is 0 Å². The molecule has 0 spiro atoms. The van der Waals surface area contributed by atoms with Gasteiger partial charge >= 0.3 is 0 Å². The number of hydrogen-bond donors (Lipinski definition) is 0. The second-order valence-electron chi connectivity index (χ2n) is 10.6. The number of para-hydroxylation sites is 3. The molecule has 0 bridgehead atoms. The Balaban J connectivity index is 0.000000188. The fraction of sp³-hybridized carbons (Fsp3) is 0.0526. The average molecular weight is 716 g/mol. The summed E-state index contributed by atoms with van der Waals surface area (Å²) in [5.41, 5.74) is 12.8. The van der Waals surface area contributed by atoms with E-state index in [9.17, 15) is 0 Å². The van der Waals surface area contributed by atoms with Crippen molar-refractivity contribution in [2.45, 2.75) is 12.3 Å². The molecule has 4 heteroatoms. The first kappa shape index (κ1) is 26.3. The summed E-state index contributed by atoms with van der Waals surface area (Å²) < 4.78 is 2.32. The first-order valence-corrected chi connectivity index (χ1v) is 13.9. The van der Waals surface area contributed by atoms with Crippen molar-refractivity contribution < 1.29 is 20.1 Å². The van der Waals surface area contributed by atoms with Gasteiger partial charge in [0, 0.05) is 37.4 Å². The molecule has 1 unspecified atom stereocenters. The molecular formula is C38H25IrN3-2. The second-order valence-corrected chi connectivity index (χ2v) is 10.6. The molecule has 1 aliphatic heterocycles. The van der Waals surface area contributed by atoms with Gasteiger partial charge < -0.3 is 9.55 Å². The third-order valence-electron chi connectivity index (χ3n) is 8.37. The van der Waals surface area contributed by atoms with Gasteiger partial charge in [0.05, 0.1) is 16.9 Å². The van der Waals surface area contributed by atoms with Crippen LogP contribution in [0.2, 0.25) is 0 Å². The minimum Gasteiger partial charge on any atom is -0.333 e. The Morgan fingerprint density at radius 2 is 1.43 bits per heavy atom. The molecule has 203 valence electrons. The number of benzene rings is 5. The normalized spacial score (nSPS) is 15.2. The molecule has 9 rings (SSSR count). The quantitative estimate of drug-likeness (QED) is 0.159. The van der Waals surface area contributed by atoms with Crippen LogP contribution in [0.3, 0.4) is 0 Å². The molecule has 42 heavy (non-hydrogen) atoms. The first-order chi connectivity index (χ1) is 20.2. The summed E-state index contributed by atoms with van der Waals surface area (Å²) in [5, 5.41) is 0. The van der Waals surface area contributed by atoms with Crippen molar-refractivity contribution in [1.82, 2.24) is 14.5 Å². The zero-order valence-corrected chi connectivity index (χ0v) is 25.3. The molecule has 0 saturated heterocycles. The second kappa shape index (κ2) is 10.3. The minimum absolute atomic E-state index is 0. The van der Waals surface area contributed by atoms with E-state index in [0.29, 0.717) is 0 Å². The third-order valence-corrected chi connectivity index (χ3v) is 8.37. The molecule has 0 amide bonds. The molecule has 5 aromatic carbocycles. The Kier molecular flexibility index (Phi) is 6.46. The van der Waals surface area contributed by atoms with Crippen LogP contribution < -0.4 is 0 Å². The summed E-state index contributed by atoms with van der Waals surface area (Å²) in [4.78, 5) is 9.30. The Hall–Kier alpha value is -4.63. The van der Waals surface area contributed by atoms with E-state index in [4.69, 9.17) is 4.98 Å². The van der Waals surface area contributed by atoms with Crippen molar-refractivity contribution in [1.29, 1.82) is 0 Å². The molecule has 0 saturated carbocycles. The van der Waals surface area contributed by atoms with Crippen LogP contribution in [0.15, 0.2) is 134 Å². The van der Waals surface area contributed by atoms with Crippen molar-refractivity contribution in [3.63, 3.8) is 0 Å². The van der Waals surface area contributed by atoms with Crippen molar-refractivity contribution in [3.8, 4) is 39.5 Å². The smallest absolute Gasteiger partial charge is 0.0774 e. The summed E-state index contributed by atoms with van der Waals surface area (Å²) in [5.74, 6) is 0.979. The van der Waals surface area contributed by atoms with Crippen LogP contribution in [0.5, 0.6) is 0 Å². The summed E-state index contributed by atoms with van der Waals surface area (Å²) in [6.07, 6.45) is 1.79. The molecule has 1 aliphatic carbocycles. The molecule has 1 radical (unpaired) electrons. The predicted octanol–water partition coefficient (Wildman–Crippen LogP) is 8.69. The van der Waals surface area contributed by atoms with E-state index in [1.54, 1.807) is 6.20 Å². The van der Waals surface area contributed by atoms with Gasteiger partial charge in [-0.3, -0.25) is 4.98 Å². The Bertz CT molecular complexity index is 2030. The van der Waals surface area contributed by atoms with E-state index in [2.05, 4.69) is 114 Å². The largest absolute Gasteiger partial charge is 0.333 e. The number of pyridine rings is 1. The maximum atomic E-state index is 5.08. The first-order valence-electron chi connectivity index (χ1n) is 13.9. The van der Waals surface area contributed by atoms with Crippen LogP contribution in [0.25, 0.3) is 50.5 Å². The van der Waals surface area contributed by atoms with Crippen LogP contribution in [-0.4, -0.2) is 14.5 Å². The van der Waals surface area contributed by atoms with Crippen molar-refractivity contribution in [2.24, 2.45) is 0 Å². The predicted molar refractivity (Wildman–Crippen MR) is 165 cm³/mol. The average Bonchev–Trinajstić information content (AvgIpc) is 3.54. The number of hydrogen-bond acceptors (Lipinski definition) is 2. The van der Waals surface area contributed by atoms with Crippen LogP contribution in [-0.2, 0) is 25.5 Å². The fourth-order valence-corrected chi connectivity index (χ4v) is 6.59. The van der Waals surface area contributed by atoms with Gasteiger partial charge in [0.2, 0.25) is 0 Å². The van der Waals surface area contributed by atoms with E-state index in [1.807, 2.05) is 42.5 Å². The van der Waals surface area contributed by atoms with E-state index >= 15 is 0 Å². The molecule has 3 heterocycles. The minimum atomic E-state index is -0.239. The Morgan fingerprint density at radius 1 is 0.667 bits per heavy atom. The molecular weight excluding hydrogens is 691 g/mol. The number of aromatic nitrogens is 3. The van der Waals surface area contributed by atoms with Gasteiger partial charge in [0.1, 0.15) is 0 Å². The van der Waals surface area contributed by atoms with Crippen LogP contribution in [0.4, 0.5) is 0 Å². The van der Waals surface area contributed by atoms with Gasteiger partial charge in [-0.05, 0) is 46.6 Å². The summed E-state index contributed by atoms with van der Waals surface area (Å²) in [6.45, 7) is 2.36. The van der Waals surface area contributed by atoms with Crippen molar-refractivity contribution in [2.75, 3.05) is 0 Å². The van der Waals surface area contributed by atoms with Crippen molar-refractivity contribution in [3.05, 3.63) is 162 Å². The van der Waals surface area contributed by atoms with Gasteiger partial charge in [-0.1, -0.05) is 79.2 Å². The Labute approximate surface area is 258 Å². The molecule has 2 aliphatic rings. The molecule has 7 aromatic rings. The molecule has 0 fully saturated rings. The SMILES string of the molecule is CC12c3ccccc3-c3cc[c-]c(c31)-c1nc3ccccc3n1-c1ccccc12.[Ir].[c-]1ccccc1-c1ccccn1. The van der Waals surface area contributed by atoms with Gasteiger partial charge in [-0.15, -0.1) is 65.2 Å². The molecule has 3 nitrogen and oxygen atoms in total. The van der Waals surface area contributed by atoms with Gasteiger partial charge in [0.25, 0.3) is 0 Å². The van der Waals surface area contributed by atoms with Crippen LogP contribution in [0.1, 0.15) is 23.6 Å². The van der Waals surface area contributed by atoms with Gasteiger partial charge in [0.15, 0.2) is 0 Å². The van der Waals surface area contributed by atoms with Crippen LogP contribution in [0, 0.1) is 12.1 Å². The summed E-state index contributed by atoms with van der Waals surface area (Å²) >= 11 is 0.